The number of likely N-dealkylation sites (tertiary alicyclic amines) is 1. The molecule has 2 rings (SSSR count). The molecule has 1 fully saturated rings. The molecule has 1 aromatic carbocycles. The van der Waals surface area contributed by atoms with Crippen molar-refractivity contribution in [2.75, 3.05) is 13.1 Å². The molecule has 1 heterocycles. The first kappa shape index (κ1) is 14.8. The van der Waals surface area contributed by atoms with Crippen LogP contribution in [0.15, 0.2) is 28.7 Å². The zero-order valence-electron chi connectivity index (χ0n) is 11.1. The van der Waals surface area contributed by atoms with E-state index < -0.39 is 0 Å². The maximum atomic E-state index is 12.0. The first-order valence-corrected chi connectivity index (χ1v) is 7.42. The van der Waals surface area contributed by atoms with Gasteiger partial charge in [-0.1, -0.05) is 28.1 Å². The minimum Gasteiger partial charge on any atom is -0.369 e. The minimum atomic E-state index is -0.265. The Morgan fingerprint density at radius 3 is 2.65 bits per heavy atom. The lowest BCUT2D eigenvalue weighted by atomic mass is 9.96. The Morgan fingerprint density at radius 1 is 1.35 bits per heavy atom. The molecule has 1 saturated heterocycles. The van der Waals surface area contributed by atoms with Gasteiger partial charge < -0.3 is 16.0 Å². The largest absolute Gasteiger partial charge is 0.369 e. The van der Waals surface area contributed by atoms with E-state index in [2.05, 4.69) is 21.2 Å². The van der Waals surface area contributed by atoms with Crippen LogP contribution in [0.2, 0.25) is 0 Å². The molecule has 5 nitrogen and oxygen atoms in total. The third kappa shape index (κ3) is 3.96. The fraction of sp³-hybridized carbons (Fsp3) is 0.429. The Morgan fingerprint density at radius 2 is 2.05 bits per heavy atom. The number of benzene rings is 1. The van der Waals surface area contributed by atoms with Crippen LogP contribution in [0.1, 0.15) is 18.4 Å². The standard InChI is InChI=1S/C14H18BrN3O2/c15-12-3-1-2-10(8-12)9-17-14(20)18-6-4-11(5-7-18)13(16)19/h1-3,8,11H,4-7,9H2,(H2,16,19)(H,17,20). The summed E-state index contributed by atoms with van der Waals surface area (Å²) < 4.78 is 0.992. The van der Waals surface area contributed by atoms with Crippen molar-refractivity contribution in [3.05, 3.63) is 34.3 Å². The van der Waals surface area contributed by atoms with Gasteiger partial charge in [0.1, 0.15) is 0 Å². The second-order valence-electron chi connectivity index (χ2n) is 4.95. The van der Waals surface area contributed by atoms with Crippen molar-refractivity contribution in [3.8, 4) is 0 Å². The number of carbonyl (C=O) groups is 2. The summed E-state index contributed by atoms with van der Waals surface area (Å²) in [7, 11) is 0. The van der Waals surface area contributed by atoms with Crippen molar-refractivity contribution in [1.29, 1.82) is 0 Å². The van der Waals surface area contributed by atoms with E-state index in [4.69, 9.17) is 5.73 Å². The molecule has 0 spiro atoms. The van der Waals surface area contributed by atoms with E-state index in [9.17, 15) is 9.59 Å². The second-order valence-corrected chi connectivity index (χ2v) is 5.87. The van der Waals surface area contributed by atoms with Crippen LogP contribution in [-0.2, 0) is 11.3 Å². The van der Waals surface area contributed by atoms with Crippen molar-refractivity contribution >= 4 is 27.9 Å². The number of carbonyl (C=O) groups excluding carboxylic acids is 2. The van der Waals surface area contributed by atoms with Gasteiger partial charge in [-0.2, -0.15) is 0 Å². The Kier molecular flexibility index (Phi) is 5.00. The maximum absolute atomic E-state index is 12.0. The summed E-state index contributed by atoms with van der Waals surface area (Å²) in [5.41, 5.74) is 6.32. The first-order chi connectivity index (χ1) is 9.56. The van der Waals surface area contributed by atoms with Crippen LogP contribution in [0.25, 0.3) is 0 Å². The molecule has 0 aliphatic carbocycles. The normalized spacial score (nSPS) is 15.9. The fourth-order valence-electron chi connectivity index (χ4n) is 2.30. The highest BCUT2D eigenvalue weighted by Gasteiger charge is 2.25. The van der Waals surface area contributed by atoms with E-state index in [1.54, 1.807) is 4.90 Å². The van der Waals surface area contributed by atoms with E-state index in [0.29, 0.717) is 32.5 Å². The zero-order valence-corrected chi connectivity index (χ0v) is 12.7. The number of amides is 3. The van der Waals surface area contributed by atoms with Gasteiger partial charge in [0, 0.05) is 30.0 Å². The molecule has 3 N–H and O–H groups in total. The van der Waals surface area contributed by atoms with Gasteiger partial charge in [0.05, 0.1) is 0 Å². The number of hydrogen-bond donors (Lipinski definition) is 2. The number of urea groups is 1. The first-order valence-electron chi connectivity index (χ1n) is 6.63. The Balaban J connectivity index is 1.80. The van der Waals surface area contributed by atoms with Gasteiger partial charge in [-0.25, -0.2) is 4.79 Å². The predicted molar refractivity (Wildman–Crippen MR) is 79.9 cm³/mol. The van der Waals surface area contributed by atoms with Crippen molar-refractivity contribution in [3.63, 3.8) is 0 Å². The van der Waals surface area contributed by atoms with Crippen LogP contribution >= 0.6 is 15.9 Å². The molecular weight excluding hydrogens is 322 g/mol. The highest BCUT2D eigenvalue weighted by molar-refractivity contribution is 9.10. The molecule has 0 radical (unpaired) electrons. The van der Waals surface area contributed by atoms with Crippen LogP contribution in [0.3, 0.4) is 0 Å². The monoisotopic (exact) mass is 339 g/mol. The van der Waals surface area contributed by atoms with E-state index in [-0.39, 0.29) is 17.9 Å². The summed E-state index contributed by atoms with van der Waals surface area (Å²) in [6.45, 7) is 1.66. The molecule has 1 aliphatic heterocycles. The van der Waals surface area contributed by atoms with Crippen LogP contribution in [0.4, 0.5) is 4.79 Å². The van der Waals surface area contributed by atoms with Gasteiger partial charge in [0.25, 0.3) is 0 Å². The molecule has 0 saturated carbocycles. The molecule has 3 amide bonds. The number of primary amides is 1. The second kappa shape index (κ2) is 6.74. The average Bonchev–Trinajstić information content (AvgIpc) is 2.45. The van der Waals surface area contributed by atoms with Crippen LogP contribution in [-0.4, -0.2) is 29.9 Å². The Labute approximate surface area is 126 Å². The highest BCUT2D eigenvalue weighted by Crippen LogP contribution is 2.17. The van der Waals surface area contributed by atoms with E-state index in [0.717, 1.165) is 10.0 Å². The summed E-state index contributed by atoms with van der Waals surface area (Å²) >= 11 is 3.40. The summed E-state index contributed by atoms with van der Waals surface area (Å²) in [6, 6.07) is 7.72. The van der Waals surface area contributed by atoms with Crippen molar-refractivity contribution in [1.82, 2.24) is 10.2 Å². The molecular formula is C14H18BrN3O2. The molecule has 0 unspecified atom stereocenters. The van der Waals surface area contributed by atoms with E-state index in [1.807, 2.05) is 24.3 Å². The molecule has 0 aromatic heterocycles. The van der Waals surface area contributed by atoms with Gasteiger partial charge in [-0.3, -0.25) is 4.79 Å². The third-order valence-electron chi connectivity index (χ3n) is 3.52. The summed E-state index contributed by atoms with van der Waals surface area (Å²) in [6.07, 6.45) is 1.30. The van der Waals surface area contributed by atoms with Crippen LogP contribution in [0, 0.1) is 5.92 Å². The van der Waals surface area contributed by atoms with Crippen molar-refractivity contribution < 1.29 is 9.59 Å². The van der Waals surface area contributed by atoms with Gasteiger partial charge in [0.2, 0.25) is 5.91 Å². The number of nitrogens with zero attached hydrogens (tertiary/aromatic N) is 1. The topological polar surface area (TPSA) is 75.4 Å². The van der Waals surface area contributed by atoms with E-state index in [1.165, 1.54) is 0 Å². The number of nitrogens with two attached hydrogens (primary N) is 1. The summed E-state index contributed by atoms with van der Waals surface area (Å²) in [5.74, 6) is -0.358. The van der Waals surface area contributed by atoms with Gasteiger partial charge >= 0.3 is 6.03 Å². The molecule has 6 heteroatoms. The predicted octanol–water partition coefficient (Wildman–Crippen LogP) is 1.86. The van der Waals surface area contributed by atoms with Crippen LogP contribution < -0.4 is 11.1 Å². The molecule has 108 valence electrons. The number of nitrogens with one attached hydrogen (secondary N) is 1. The van der Waals surface area contributed by atoms with E-state index >= 15 is 0 Å². The number of hydrogen-bond acceptors (Lipinski definition) is 2. The lowest BCUT2D eigenvalue weighted by molar-refractivity contribution is -0.123. The average molecular weight is 340 g/mol. The molecule has 20 heavy (non-hydrogen) atoms. The van der Waals surface area contributed by atoms with Gasteiger partial charge in [-0.05, 0) is 30.5 Å². The van der Waals surface area contributed by atoms with Gasteiger partial charge in [-0.15, -0.1) is 0 Å². The van der Waals surface area contributed by atoms with Crippen molar-refractivity contribution in [2.45, 2.75) is 19.4 Å². The summed E-state index contributed by atoms with van der Waals surface area (Å²) in [5, 5.41) is 2.89. The summed E-state index contributed by atoms with van der Waals surface area (Å²) in [4.78, 5) is 24.8. The smallest absolute Gasteiger partial charge is 0.317 e. The quantitative estimate of drug-likeness (QED) is 0.881. The number of rotatable bonds is 3. The molecule has 1 aromatic rings. The van der Waals surface area contributed by atoms with Crippen LogP contribution in [0.5, 0.6) is 0 Å². The number of halogens is 1. The zero-order chi connectivity index (χ0) is 14.5. The Bertz CT molecular complexity index is 499. The number of piperidine rings is 1. The van der Waals surface area contributed by atoms with Crippen molar-refractivity contribution in [2.24, 2.45) is 11.7 Å². The molecule has 1 aliphatic rings. The van der Waals surface area contributed by atoms with Gasteiger partial charge in [0.15, 0.2) is 0 Å². The molecule has 0 atom stereocenters. The lowest BCUT2D eigenvalue weighted by Crippen LogP contribution is -2.46. The SMILES string of the molecule is NC(=O)C1CCN(C(=O)NCc2cccc(Br)c2)CC1. The third-order valence-corrected chi connectivity index (χ3v) is 4.01. The minimum absolute atomic E-state index is 0.0899. The molecule has 0 bridgehead atoms. The Hall–Kier alpha value is -1.56. The highest BCUT2D eigenvalue weighted by atomic mass is 79.9. The maximum Gasteiger partial charge on any atom is 0.317 e. The lowest BCUT2D eigenvalue weighted by Gasteiger charge is -2.30. The fourth-order valence-corrected chi connectivity index (χ4v) is 2.75.